The smallest absolute Gasteiger partial charge is 0.416 e. The van der Waals surface area contributed by atoms with Gasteiger partial charge in [0.15, 0.2) is 5.82 Å². The lowest BCUT2D eigenvalue weighted by Crippen LogP contribution is -2.50. The van der Waals surface area contributed by atoms with Gasteiger partial charge in [-0.3, -0.25) is 0 Å². The van der Waals surface area contributed by atoms with Crippen LogP contribution in [0.3, 0.4) is 0 Å². The number of hydrogen-bond acceptors (Lipinski definition) is 5. The number of amides is 2. The molecule has 1 aliphatic heterocycles. The number of aryl methyl sites for hydroxylation is 1. The lowest BCUT2D eigenvalue weighted by Gasteiger charge is -2.35. The molecule has 34 heavy (non-hydrogen) atoms. The number of carbonyl (C=O) groups excluding carboxylic acids is 1. The summed E-state index contributed by atoms with van der Waals surface area (Å²) in [4.78, 5) is 25.4. The van der Waals surface area contributed by atoms with Gasteiger partial charge in [-0.05, 0) is 31.2 Å². The van der Waals surface area contributed by atoms with Crippen molar-refractivity contribution in [3.63, 3.8) is 0 Å². The monoisotopic (exact) mass is 471 g/mol. The average molecular weight is 471 g/mol. The van der Waals surface area contributed by atoms with Crippen LogP contribution in [0.5, 0.6) is 5.75 Å². The van der Waals surface area contributed by atoms with Crippen molar-refractivity contribution in [3.05, 3.63) is 65.9 Å². The number of ether oxygens (including phenoxy) is 1. The third-order valence-electron chi connectivity index (χ3n) is 5.52. The van der Waals surface area contributed by atoms with E-state index in [9.17, 15) is 18.0 Å². The number of urea groups is 1. The van der Waals surface area contributed by atoms with E-state index in [4.69, 9.17) is 4.74 Å². The highest BCUT2D eigenvalue weighted by Crippen LogP contribution is 2.31. The average Bonchev–Trinajstić information content (AvgIpc) is 2.83. The van der Waals surface area contributed by atoms with Crippen molar-refractivity contribution in [2.24, 2.45) is 0 Å². The maximum Gasteiger partial charge on any atom is 0.416 e. The number of hydrogen-bond donors (Lipinski definition) is 1. The van der Waals surface area contributed by atoms with Crippen LogP contribution in [-0.4, -0.2) is 54.2 Å². The predicted molar refractivity (Wildman–Crippen MR) is 123 cm³/mol. The minimum Gasteiger partial charge on any atom is -0.497 e. The number of halogens is 3. The molecular formula is C24H24F3N5O2. The molecule has 1 fully saturated rings. The molecular weight excluding hydrogens is 447 g/mol. The van der Waals surface area contributed by atoms with Gasteiger partial charge in [-0.2, -0.15) is 13.2 Å². The van der Waals surface area contributed by atoms with E-state index in [2.05, 4.69) is 15.3 Å². The van der Waals surface area contributed by atoms with Gasteiger partial charge in [-0.25, -0.2) is 14.8 Å². The minimum absolute atomic E-state index is 0.197. The Kier molecular flexibility index (Phi) is 6.58. The van der Waals surface area contributed by atoms with Crippen LogP contribution >= 0.6 is 0 Å². The molecule has 0 unspecified atom stereocenters. The fraction of sp³-hybridized carbons (Fsp3) is 0.292. The lowest BCUT2D eigenvalue weighted by molar-refractivity contribution is -0.137. The van der Waals surface area contributed by atoms with Crippen LogP contribution in [0.4, 0.5) is 29.5 Å². The van der Waals surface area contributed by atoms with E-state index in [1.807, 2.05) is 17.9 Å². The first kappa shape index (κ1) is 23.3. The van der Waals surface area contributed by atoms with Crippen LogP contribution in [0.15, 0.2) is 54.6 Å². The highest BCUT2D eigenvalue weighted by atomic mass is 19.4. The quantitative estimate of drug-likeness (QED) is 0.590. The zero-order valence-corrected chi connectivity index (χ0v) is 18.8. The fourth-order valence-corrected chi connectivity index (χ4v) is 3.69. The summed E-state index contributed by atoms with van der Waals surface area (Å²) in [5.74, 6) is 1.70. The second-order valence-corrected chi connectivity index (χ2v) is 7.90. The first-order valence-electron chi connectivity index (χ1n) is 10.7. The molecule has 4 rings (SSSR count). The summed E-state index contributed by atoms with van der Waals surface area (Å²) in [5.41, 5.74) is 1.15. The van der Waals surface area contributed by atoms with Crippen molar-refractivity contribution in [1.29, 1.82) is 0 Å². The van der Waals surface area contributed by atoms with Gasteiger partial charge in [0.1, 0.15) is 11.6 Å². The first-order chi connectivity index (χ1) is 16.2. The molecule has 2 aromatic carbocycles. The predicted octanol–water partition coefficient (Wildman–Crippen LogP) is 4.83. The molecule has 0 aliphatic carbocycles. The van der Waals surface area contributed by atoms with E-state index < -0.39 is 11.7 Å². The van der Waals surface area contributed by atoms with Gasteiger partial charge >= 0.3 is 12.2 Å². The molecule has 1 aliphatic rings. The normalized spacial score (nSPS) is 14.1. The second-order valence-electron chi connectivity index (χ2n) is 7.90. The largest absolute Gasteiger partial charge is 0.497 e. The Morgan fingerprint density at radius 2 is 1.71 bits per heavy atom. The van der Waals surface area contributed by atoms with E-state index in [1.165, 1.54) is 12.1 Å². The van der Waals surface area contributed by atoms with Crippen molar-refractivity contribution >= 4 is 17.5 Å². The van der Waals surface area contributed by atoms with Gasteiger partial charge in [-0.15, -0.1) is 0 Å². The Hall–Kier alpha value is -3.82. The van der Waals surface area contributed by atoms with Gasteiger partial charge in [0.25, 0.3) is 0 Å². The van der Waals surface area contributed by atoms with Crippen molar-refractivity contribution in [1.82, 2.24) is 14.9 Å². The summed E-state index contributed by atoms with van der Waals surface area (Å²) in [6.45, 7) is 3.93. The third kappa shape index (κ3) is 5.38. The topological polar surface area (TPSA) is 70.6 Å². The first-order valence-corrected chi connectivity index (χ1v) is 10.7. The standard InChI is InChI=1S/C24H24F3N5O2/c1-16-14-21(30-22(28-16)17-6-8-18(9-7-17)24(25,26)27)31-10-12-32(13-11-31)23(33)29-19-4-3-5-20(15-19)34-2/h3-9,14-15H,10-13H2,1-2H3,(H,29,33). The summed E-state index contributed by atoms with van der Waals surface area (Å²) in [6, 6.07) is 13.6. The van der Waals surface area contributed by atoms with E-state index in [0.717, 1.165) is 12.1 Å². The Balaban J connectivity index is 1.42. The number of carbonyl (C=O) groups is 1. The molecule has 3 aromatic rings. The molecule has 1 N–H and O–H groups in total. The molecule has 1 aromatic heterocycles. The zero-order valence-electron chi connectivity index (χ0n) is 18.8. The Morgan fingerprint density at radius 3 is 2.35 bits per heavy atom. The highest BCUT2D eigenvalue weighted by molar-refractivity contribution is 5.89. The molecule has 7 nitrogen and oxygen atoms in total. The van der Waals surface area contributed by atoms with Crippen molar-refractivity contribution in [2.75, 3.05) is 43.5 Å². The summed E-state index contributed by atoms with van der Waals surface area (Å²) in [6.07, 6.45) is -4.39. The van der Waals surface area contributed by atoms with Crippen LogP contribution in [0.25, 0.3) is 11.4 Å². The van der Waals surface area contributed by atoms with Crippen LogP contribution < -0.4 is 15.0 Å². The van der Waals surface area contributed by atoms with Crippen LogP contribution in [0.2, 0.25) is 0 Å². The molecule has 0 saturated carbocycles. The molecule has 0 bridgehead atoms. The molecule has 0 radical (unpaired) electrons. The van der Waals surface area contributed by atoms with Crippen LogP contribution in [0, 0.1) is 6.92 Å². The zero-order chi connectivity index (χ0) is 24.3. The number of piperazine rings is 1. The van der Waals surface area contributed by atoms with E-state index >= 15 is 0 Å². The molecule has 178 valence electrons. The molecule has 0 spiro atoms. The fourth-order valence-electron chi connectivity index (χ4n) is 3.69. The van der Waals surface area contributed by atoms with Crippen LogP contribution in [-0.2, 0) is 6.18 Å². The molecule has 2 amide bonds. The molecule has 2 heterocycles. The molecule has 1 saturated heterocycles. The van der Waals surface area contributed by atoms with Gasteiger partial charge in [0.05, 0.1) is 12.7 Å². The van der Waals surface area contributed by atoms with Crippen LogP contribution in [0.1, 0.15) is 11.3 Å². The van der Waals surface area contributed by atoms with E-state index in [-0.39, 0.29) is 6.03 Å². The molecule has 0 atom stereocenters. The van der Waals surface area contributed by atoms with E-state index in [1.54, 1.807) is 36.3 Å². The number of methoxy groups -OCH3 is 1. The Morgan fingerprint density at radius 1 is 1.00 bits per heavy atom. The van der Waals surface area contributed by atoms with Gasteiger partial charge in [0.2, 0.25) is 0 Å². The third-order valence-corrected chi connectivity index (χ3v) is 5.52. The summed E-state index contributed by atoms with van der Waals surface area (Å²) in [5, 5.41) is 2.88. The van der Waals surface area contributed by atoms with Crippen molar-refractivity contribution < 1.29 is 22.7 Å². The van der Waals surface area contributed by atoms with Gasteiger partial charge < -0.3 is 19.9 Å². The summed E-state index contributed by atoms with van der Waals surface area (Å²) < 4.78 is 43.8. The second kappa shape index (κ2) is 9.58. The number of alkyl halides is 3. The number of anilines is 2. The highest BCUT2D eigenvalue weighted by Gasteiger charge is 2.30. The number of aromatic nitrogens is 2. The van der Waals surface area contributed by atoms with Gasteiger partial charge in [-0.1, -0.05) is 18.2 Å². The van der Waals surface area contributed by atoms with Gasteiger partial charge in [0, 0.05) is 55.3 Å². The maximum atomic E-state index is 12.9. The lowest BCUT2D eigenvalue weighted by atomic mass is 10.1. The molecule has 10 heteroatoms. The maximum absolute atomic E-state index is 12.9. The summed E-state index contributed by atoms with van der Waals surface area (Å²) in [7, 11) is 1.57. The van der Waals surface area contributed by atoms with Crippen molar-refractivity contribution in [3.8, 4) is 17.1 Å². The summed E-state index contributed by atoms with van der Waals surface area (Å²) >= 11 is 0. The number of benzene rings is 2. The number of nitrogens with one attached hydrogen (secondary N) is 1. The SMILES string of the molecule is COc1cccc(NC(=O)N2CCN(c3cc(C)nc(-c4ccc(C(F)(F)F)cc4)n3)CC2)c1. The van der Waals surface area contributed by atoms with E-state index in [0.29, 0.717) is 60.5 Å². The Labute approximate surface area is 195 Å². The minimum atomic E-state index is -4.39. The number of nitrogens with zero attached hydrogens (tertiary/aromatic N) is 4. The number of rotatable bonds is 4. The van der Waals surface area contributed by atoms with Crippen molar-refractivity contribution in [2.45, 2.75) is 13.1 Å². The Bertz CT molecular complexity index is 1160.